The highest BCUT2D eigenvalue weighted by Crippen LogP contribution is 2.37. The number of alkyl halides is 6. The Morgan fingerprint density at radius 3 is 2.21 bits per heavy atom. The molecule has 11 heteroatoms. The monoisotopic (exact) mass is 467 g/mol. The Kier molecular flexibility index (Phi) is 5.73. The first-order chi connectivity index (χ1) is 15.5. The number of hydrogen-bond donors (Lipinski definition) is 0. The minimum Gasteiger partial charge on any atom is -0.467 e. The van der Waals surface area contributed by atoms with Gasteiger partial charge in [-0.15, -0.1) is 0 Å². The van der Waals surface area contributed by atoms with Gasteiger partial charge in [0.15, 0.2) is 6.61 Å². The summed E-state index contributed by atoms with van der Waals surface area (Å²) in [5, 5.41) is 0. The molecule has 172 valence electrons. The molecule has 0 bridgehead atoms. The Hall–Kier alpha value is -3.63. The summed E-state index contributed by atoms with van der Waals surface area (Å²) in [6.45, 7) is -1.08. The number of benzene rings is 1. The summed E-state index contributed by atoms with van der Waals surface area (Å²) < 4.78 is 84.7. The van der Waals surface area contributed by atoms with Gasteiger partial charge in [-0.3, -0.25) is 9.78 Å². The molecule has 0 saturated heterocycles. The number of amides is 1. The molecule has 5 nitrogen and oxygen atoms in total. The van der Waals surface area contributed by atoms with Gasteiger partial charge in [-0.2, -0.15) is 26.3 Å². The second-order valence-electron chi connectivity index (χ2n) is 7.31. The van der Waals surface area contributed by atoms with Gasteiger partial charge in [0.2, 0.25) is 5.88 Å². The minimum absolute atomic E-state index is 0.0509. The highest BCUT2D eigenvalue weighted by molar-refractivity contribution is 5.79. The largest absolute Gasteiger partial charge is 0.467 e. The molecule has 0 saturated carbocycles. The summed E-state index contributed by atoms with van der Waals surface area (Å²) in [6, 6.07) is 8.09. The van der Waals surface area contributed by atoms with Gasteiger partial charge in [0.1, 0.15) is 0 Å². The van der Waals surface area contributed by atoms with E-state index in [-0.39, 0.29) is 24.1 Å². The third-order valence-electron chi connectivity index (χ3n) is 5.01. The third kappa shape index (κ3) is 4.91. The highest BCUT2D eigenvalue weighted by atomic mass is 19.4. The normalized spacial score (nSPS) is 14.5. The fourth-order valence-electron chi connectivity index (χ4n) is 3.49. The molecule has 33 heavy (non-hydrogen) atoms. The lowest BCUT2D eigenvalue weighted by Crippen LogP contribution is -2.32. The van der Waals surface area contributed by atoms with Crippen molar-refractivity contribution in [2.45, 2.75) is 25.4 Å². The molecule has 3 heterocycles. The van der Waals surface area contributed by atoms with Gasteiger partial charge >= 0.3 is 12.4 Å². The van der Waals surface area contributed by atoms with E-state index in [1.54, 1.807) is 30.5 Å². The van der Waals surface area contributed by atoms with Crippen molar-refractivity contribution in [3.8, 4) is 17.1 Å². The Morgan fingerprint density at radius 1 is 0.909 bits per heavy atom. The molecular weight excluding hydrogens is 452 g/mol. The van der Waals surface area contributed by atoms with Gasteiger partial charge in [0.25, 0.3) is 5.91 Å². The fourth-order valence-corrected chi connectivity index (χ4v) is 3.49. The molecule has 1 aliphatic rings. The van der Waals surface area contributed by atoms with Crippen molar-refractivity contribution >= 4 is 5.91 Å². The van der Waals surface area contributed by atoms with Crippen LogP contribution in [0.2, 0.25) is 0 Å². The molecule has 1 aromatic carbocycles. The van der Waals surface area contributed by atoms with E-state index in [1.807, 2.05) is 0 Å². The molecule has 0 spiro atoms. The molecule has 3 aromatic rings. The molecule has 1 amide bonds. The molecule has 0 unspecified atom stereocenters. The van der Waals surface area contributed by atoms with E-state index in [2.05, 4.69) is 9.97 Å². The SMILES string of the molecule is O=C1COc2nccc(-c3ccccn3)c2CN1Cc1cc(C(F)(F)F)cc(C(F)(F)F)c1. The maximum absolute atomic E-state index is 13.2. The van der Waals surface area contributed by atoms with Gasteiger partial charge in [-0.25, -0.2) is 4.98 Å². The van der Waals surface area contributed by atoms with E-state index in [1.165, 1.54) is 6.20 Å². The number of fused-ring (bicyclic) bond motifs is 1. The quantitative estimate of drug-likeness (QED) is 0.503. The summed E-state index contributed by atoms with van der Waals surface area (Å²) in [6.07, 6.45) is -6.94. The number of carbonyl (C=O) groups excluding carboxylic acids is 1. The Labute approximate surface area is 183 Å². The number of halogens is 6. The van der Waals surface area contributed by atoms with Gasteiger partial charge < -0.3 is 9.64 Å². The van der Waals surface area contributed by atoms with Crippen LogP contribution in [0.1, 0.15) is 22.3 Å². The smallest absolute Gasteiger partial charge is 0.416 e. The fraction of sp³-hybridized carbons (Fsp3) is 0.227. The Morgan fingerprint density at radius 2 is 1.61 bits per heavy atom. The number of carbonyl (C=O) groups is 1. The average Bonchev–Trinajstić information content (AvgIpc) is 2.92. The first-order valence-corrected chi connectivity index (χ1v) is 9.60. The van der Waals surface area contributed by atoms with Crippen molar-refractivity contribution in [3.05, 3.63) is 77.1 Å². The standard InChI is InChI=1S/C22H15F6N3O2/c23-21(24,25)14-7-13(8-15(9-14)22(26,27)28)10-31-11-17-16(18-3-1-2-5-29-18)4-6-30-20(17)33-12-19(31)32/h1-9H,10-12H2. The van der Waals surface area contributed by atoms with Crippen LogP contribution in [0.15, 0.2) is 54.9 Å². The topological polar surface area (TPSA) is 55.3 Å². The molecule has 0 aliphatic carbocycles. The zero-order chi connectivity index (χ0) is 23.8. The summed E-state index contributed by atoms with van der Waals surface area (Å²) in [7, 11) is 0. The molecular formula is C22H15F6N3O2. The lowest BCUT2D eigenvalue weighted by Gasteiger charge is -2.22. The number of ether oxygens (including phenoxy) is 1. The second-order valence-corrected chi connectivity index (χ2v) is 7.31. The number of aromatic nitrogens is 2. The van der Waals surface area contributed by atoms with Crippen LogP contribution in [-0.4, -0.2) is 27.4 Å². The zero-order valence-corrected chi connectivity index (χ0v) is 16.7. The first-order valence-electron chi connectivity index (χ1n) is 9.60. The van der Waals surface area contributed by atoms with E-state index >= 15 is 0 Å². The minimum atomic E-state index is -4.98. The van der Waals surface area contributed by atoms with Crippen LogP contribution < -0.4 is 4.74 Å². The van der Waals surface area contributed by atoms with Gasteiger partial charge in [-0.1, -0.05) is 6.07 Å². The van der Waals surface area contributed by atoms with Crippen LogP contribution in [0.25, 0.3) is 11.3 Å². The first kappa shape index (κ1) is 22.6. The van der Waals surface area contributed by atoms with Crippen molar-refractivity contribution in [3.63, 3.8) is 0 Å². The number of pyridine rings is 2. The van der Waals surface area contributed by atoms with Crippen molar-refractivity contribution in [1.29, 1.82) is 0 Å². The van der Waals surface area contributed by atoms with E-state index in [0.717, 1.165) is 4.90 Å². The number of hydrogen-bond acceptors (Lipinski definition) is 4. The van der Waals surface area contributed by atoms with Crippen molar-refractivity contribution in [1.82, 2.24) is 14.9 Å². The van der Waals surface area contributed by atoms with Crippen LogP contribution >= 0.6 is 0 Å². The van der Waals surface area contributed by atoms with Gasteiger partial charge in [-0.05, 0) is 42.0 Å². The molecule has 0 atom stereocenters. The maximum Gasteiger partial charge on any atom is 0.416 e. The van der Waals surface area contributed by atoms with E-state index < -0.39 is 42.5 Å². The van der Waals surface area contributed by atoms with Crippen LogP contribution in [-0.2, 0) is 30.2 Å². The second kappa shape index (κ2) is 8.38. The molecule has 4 rings (SSSR count). The predicted octanol–water partition coefficient (Wildman–Crippen LogP) is 5.10. The molecule has 2 aromatic heterocycles. The highest BCUT2D eigenvalue weighted by Gasteiger charge is 2.37. The predicted molar refractivity (Wildman–Crippen MR) is 104 cm³/mol. The number of rotatable bonds is 3. The van der Waals surface area contributed by atoms with Crippen LogP contribution in [0, 0.1) is 0 Å². The maximum atomic E-state index is 13.2. The summed E-state index contributed by atoms with van der Waals surface area (Å²) in [4.78, 5) is 22.1. The van der Waals surface area contributed by atoms with Gasteiger partial charge in [0, 0.05) is 30.1 Å². The van der Waals surface area contributed by atoms with Crippen LogP contribution in [0.3, 0.4) is 0 Å². The van der Waals surface area contributed by atoms with Crippen molar-refractivity contribution in [2.75, 3.05) is 6.61 Å². The molecule has 0 fully saturated rings. The van der Waals surface area contributed by atoms with Crippen LogP contribution in [0.4, 0.5) is 26.3 Å². The van der Waals surface area contributed by atoms with E-state index in [4.69, 9.17) is 4.74 Å². The average molecular weight is 467 g/mol. The van der Waals surface area contributed by atoms with Crippen molar-refractivity contribution < 1.29 is 35.9 Å². The zero-order valence-electron chi connectivity index (χ0n) is 16.7. The molecule has 1 aliphatic heterocycles. The lowest BCUT2D eigenvalue weighted by atomic mass is 10.0. The summed E-state index contributed by atoms with van der Waals surface area (Å²) in [5.74, 6) is -0.458. The Balaban J connectivity index is 1.73. The Bertz CT molecular complexity index is 1150. The van der Waals surface area contributed by atoms with Crippen LogP contribution in [0.5, 0.6) is 5.88 Å². The van der Waals surface area contributed by atoms with E-state index in [9.17, 15) is 31.1 Å². The third-order valence-corrected chi connectivity index (χ3v) is 5.01. The summed E-state index contributed by atoms with van der Waals surface area (Å²) in [5.41, 5.74) is -1.61. The molecule has 0 N–H and O–H groups in total. The van der Waals surface area contributed by atoms with E-state index in [0.29, 0.717) is 29.0 Å². The lowest BCUT2D eigenvalue weighted by molar-refractivity contribution is -0.143. The molecule has 0 radical (unpaired) electrons. The van der Waals surface area contributed by atoms with Crippen molar-refractivity contribution in [2.24, 2.45) is 0 Å². The number of nitrogens with zero attached hydrogens (tertiary/aromatic N) is 3. The summed E-state index contributed by atoms with van der Waals surface area (Å²) >= 11 is 0. The van der Waals surface area contributed by atoms with Gasteiger partial charge in [0.05, 0.1) is 23.4 Å².